The minimum atomic E-state index is -1.26. The highest BCUT2D eigenvalue weighted by molar-refractivity contribution is 5.92. The zero-order chi connectivity index (χ0) is 12.3. The molecule has 6 heteroatoms. The zero-order valence-corrected chi connectivity index (χ0v) is 8.80. The zero-order valence-electron chi connectivity index (χ0n) is 8.80. The summed E-state index contributed by atoms with van der Waals surface area (Å²) >= 11 is 0. The molecule has 16 heavy (non-hydrogen) atoms. The van der Waals surface area contributed by atoms with Crippen LogP contribution in [0.25, 0.3) is 0 Å². The highest BCUT2D eigenvalue weighted by atomic mass is 16.5. The fourth-order valence-corrected chi connectivity index (χ4v) is 1.07. The van der Waals surface area contributed by atoms with Crippen LogP contribution in [0.5, 0.6) is 5.75 Å². The highest BCUT2D eigenvalue weighted by Crippen LogP contribution is 2.19. The standard InChI is InChI=1S/C10H11NO5/c1-5(2)16-7-3-6(9(12)13)4-11-8(7)10(14)15/h3-5H,1-2H3,(H,12,13)(H,14,15). The van der Waals surface area contributed by atoms with Gasteiger partial charge in [-0.25, -0.2) is 14.6 Å². The van der Waals surface area contributed by atoms with Gasteiger partial charge < -0.3 is 14.9 Å². The van der Waals surface area contributed by atoms with E-state index in [0.29, 0.717) is 0 Å². The first-order valence-corrected chi connectivity index (χ1v) is 4.55. The largest absolute Gasteiger partial charge is 0.488 e. The lowest BCUT2D eigenvalue weighted by Gasteiger charge is -2.11. The second-order valence-electron chi connectivity index (χ2n) is 3.35. The van der Waals surface area contributed by atoms with Gasteiger partial charge in [0.1, 0.15) is 0 Å². The van der Waals surface area contributed by atoms with Crippen molar-refractivity contribution in [3.63, 3.8) is 0 Å². The van der Waals surface area contributed by atoms with E-state index in [4.69, 9.17) is 14.9 Å². The molecule has 1 aromatic heterocycles. The number of nitrogens with zero attached hydrogens (tertiary/aromatic N) is 1. The maximum Gasteiger partial charge on any atom is 0.358 e. The molecule has 0 saturated heterocycles. The number of carboxylic acids is 2. The molecule has 0 saturated carbocycles. The number of aromatic carboxylic acids is 2. The molecule has 1 heterocycles. The number of pyridine rings is 1. The van der Waals surface area contributed by atoms with Crippen LogP contribution in [0.2, 0.25) is 0 Å². The van der Waals surface area contributed by atoms with Gasteiger partial charge in [-0.05, 0) is 19.9 Å². The summed E-state index contributed by atoms with van der Waals surface area (Å²) in [5, 5.41) is 17.5. The maximum absolute atomic E-state index is 10.8. The number of hydrogen-bond donors (Lipinski definition) is 2. The Morgan fingerprint density at radius 3 is 2.38 bits per heavy atom. The topological polar surface area (TPSA) is 96.7 Å². The van der Waals surface area contributed by atoms with Crippen LogP contribution in [0, 0.1) is 0 Å². The molecule has 1 rings (SSSR count). The summed E-state index contributed by atoms with van der Waals surface area (Å²) in [6.07, 6.45) is 0.725. The van der Waals surface area contributed by atoms with Gasteiger partial charge in [-0.15, -0.1) is 0 Å². The molecule has 0 fully saturated rings. The lowest BCUT2D eigenvalue weighted by Crippen LogP contribution is -2.12. The van der Waals surface area contributed by atoms with Crippen molar-refractivity contribution in [3.8, 4) is 5.75 Å². The van der Waals surface area contributed by atoms with E-state index in [0.717, 1.165) is 12.3 Å². The molecule has 0 unspecified atom stereocenters. The number of carbonyl (C=O) groups is 2. The monoisotopic (exact) mass is 225 g/mol. The Morgan fingerprint density at radius 1 is 1.31 bits per heavy atom. The summed E-state index contributed by atoms with van der Waals surface area (Å²) in [5.41, 5.74) is -0.403. The van der Waals surface area contributed by atoms with Crippen LogP contribution < -0.4 is 4.74 Å². The van der Waals surface area contributed by atoms with Gasteiger partial charge in [0, 0.05) is 6.20 Å². The number of carboxylic acid groups (broad SMARTS) is 2. The molecule has 0 bridgehead atoms. The van der Waals surface area contributed by atoms with Crippen molar-refractivity contribution in [3.05, 3.63) is 23.5 Å². The summed E-state index contributed by atoms with van der Waals surface area (Å²) in [7, 11) is 0. The fourth-order valence-electron chi connectivity index (χ4n) is 1.07. The van der Waals surface area contributed by atoms with Crippen LogP contribution in [0.4, 0.5) is 0 Å². The average molecular weight is 225 g/mol. The van der Waals surface area contributed by atoms with E-state index in [9.17, 15) is 9.59 Å². The van der Waals surface area contributed by atoms with Gasteiger partial charge in [0.25, 0.3) is 0 Å². The van der Waals surface area contributed by atoms with Gasteiger partial charge >= 0.3 is 11.9 Å². The Bertz CT molecular complexity index is 427. The Labute approximate surface area is 91.5 Å². The molecule has 0 aliphatic heterocycles. The lowest BCUT2D eigenvalue weighted by molar-refractivity contribution is 0.0668. The first-order valence-electron chi connectivity index (χ1n) is 4.55. The molecule has 6 nitrogen and oxygen atoms in total. The summed E-state index contributed by atoms with van der Waals surface area (Å²) in [4.78, 5) is 25.0. The van der Waals surface area contributed by atoms with Gasteiger partial charge in [0.05, 0.1) is 11.7 Å². The van der Waals surface area contributed by atoms with E-state index in [-0.39, 0.29) is 23.1 Å². The number of ether oxygens (including phenoxy) is 1. The normalized spacial score (nSPS) is 10.2. The quantitative estimate of drug-likeness (QED) is 0.800. The van der Waals surface area contributed by atoms with E-state index in [2.05, 4.69) is 4.98 Å². The average Bonchev–Trinajstić information content (AvgIpc) is 2.15. The smallest absolute Gasteiger partial charge is 0.358 e. The highest BCUT2D eigenvalue weighted by Gasteiger charge is 2.17. The van der Waals surface area contributed by atoms with E-state index in [1.165, 1.54) is 0 Å². The summed E-state index contributed by atoms with van der Waals surface area (Å²) < 4.78 is 5.19. The molecule has 86 valence electrons. The van der Waals surface area contributed by atoms with Crippen molar-refractivity contribution in [2.75, 3.05) is 0 Å². The molecule has 0 radical (unpaired) electrons. The van der Waals surface area contributed by atoms with E-state index < -0.39 is 11.9 Å². The minimum Gasteiger partial charge on any atom is -0.488 e. The Hall–Kier alpha value is -2.11. The molecule has 0 atom stereocenters. The predicted molar refractivity (Wildman–Crippen MR) is 53.9 cm³/mol. The van der Waals surface area contributed by atoms with Crippen LogP contribution in [0.3, 0.4) is 0 Å². The van der Waals surface area contributed by atoms with Crippen LogP contribution in [-0.2, 0) is 0 Å². The van der Waals surface area contributed by atoms with E-state index in [1.54, 1.807) is 13.8 Å². The molecule has 0 aliphatic rings. The Morgan fingerprint density at radius 2 is 1.94 bits per heavy atom. The van der Waals surface area contributed by atoms with Crippen molar-refractivity contribution >= 4 is 11.9 Å². The maximum atomic E-state index is 10.8. The van der Waals surface area contributed by atoms with E-state index >= 15 is 0 Å². The number of hydrogen-bond acceptors (Lipinski definition) is 4. The first kappa shape index (κ1) is 12.0. The van der Waals surface area contributed by atoms with Crippen LogP contribution in [0.15, 0.2) is 12.3 Å². The lowest BCUT2D eigenvalue weighted by atomic mass is 10.2. The van der Waals surface area contributed by atoms with Crippen molar-refractivity contribution in [1.29, 1.82) is 0 Å². The van der Waals surface area contributed by atoms with Crippen LogP contribution >= 0.6 is 0 Å². The summed E-state index contributed by atoms with van der Waals surface area (Å²) in [6.45, 7) is 3.41. The van der Waals surface area contributed by atoms with E-state index in [1.807, 2.05) is 0 Å². The Balaban J connectivity index is 3.21. The van der Waals surface area contributed by atoms with Crippen LogP contribution in [-0.4, -0.2) is 33.2 Å². The van der Waals surface area contributed by atoms with Crippen LogP contribution in [0.1, 0.15) is 34.7 Å². The second kappa shape index (κ2) is 4.61. The van der Waals surface area contributed by atoms with Gasteiger partial charge in [-0.1, -0.05) is 0 Å². The molecular weight excluding hydrogens is 214 g/mol. The summed E-state index contributed by atoms with van der Waals surface area (Å²) in [5.74, 6) is -2.48. The molecule has 1 aromatic rings. The minimum absolute atomic E-state index is 0.0394. The van der Waals surface area contributed by atoms with Gasteiger partial charge in [0.2, 0.25) is 0 Å². The SMILES string of the molecule is CC(C)Oc1cc(C(=O)O)cnc1C(=O)O. The predicted octanol–water partition coefficient (Wildman–Crippen LogP) is 1.27. The molecule has 0 aromatic carbocycles. The van der Waals surface area contributed by atoms with Gasteiger partial charge in [-0.2, -0.15) is 0 Å². The third-order valence-corrected chi connectivity index (χ3v) is 1.66. The van der Waals surface area contributed by atoms with Gasteiger partial charge in [-0.3, -0.25) is 0 Å². The van der Waals surface area contributed by atoms with Crippen molar-refractivity contribution in [1.82, 2.24) is 4.98 Å². The third kappa shape index (κ3) is 2.69. The molecule has 0 aliphatic carbocycles. The third-order valence-electron chi connectivity index (χ3n) is 1.66. The molecule has 2 N–H and O–H groups in total. The molecule has 0 spiro atoms. The first-order chi connectivity index (χ1) is 7.41. The molecular formula is C10H11NO5. The van der Waals surface area contributed by atoms with Crippen molar-refractivity contribution in [2.45, 2.75) is 20.0 Å². The molecule has 0 amide bonds. The number of aromatic nitrogens is 1. The Kier molecular flexibility index (Phi) is 3.44. The fraction of sp³-hybridized carbons (Fsp3) is 0.300. The number of rotatable bonds is 4. The van der Waals surface area contributed by atoms with Crippen molar-refractivity contribution in [2.24, 2.45) is 0 Å². The van der Waals surface area contributed by atoms with Crippen molar-refractivity contribution < 1.29 is 24.5 Å². The second-order valence-corrected chi connectivity index (χ2v) is 3.35. The van der Waals surface area contributed by atoms with Gasteiger partial charge in [0.15, 0.2) is 11.4 Å². The summed E-state index contributed by atoms with van der Waals surface area (Å²) in [6, 6.07) is 1.15.